The molecule has 13 heavy (non-hydrogen) atoms. The summed E-state index contributed by atoms with van der Waals surface area (Å²) in [6, 6.07) is 6.16. The number of fused-ring (bicyclic) bond motifs is 1. The molecule has 1 aromatic carbocycles. The largest absolute Gasteiger partial charge is 0.454 e. The molecule has 3 rings (SSSR count). The fraction of sp³-hybridized carbons (Fsp3) is 0.400. The first kappa shape index (κ1) is 7.21. The number of rotatable bonds is 2. The Morgan fingerprint density at radius 1 is 1.15 bits per heavy atom. The highest BCUT2D eigenvalue weighted by Crippen LogP contribution is 2.33. The summed E-state index contributed by atoms with van der Waals surface area (Å²) in [6.07, 6.45) is 0. The van der Waals surface area contributed by atoms with Gasteiger partial charge >= 0.3 is 0 Å². The van der Waals surface area contributed by atoms with Crippen LogP contribution in [0.15, 0.2) is 18.2 Å². The monoisotopic (exact) mass is 177 g/mol. The summed E-state index contributed by atoms with van der Waals surface area (Å²) in [5.74, 6) is 1.76. The summed E-state index contributed by atoms with van der Waals surface area (Å²) >= 11 is 0. The summed E-state index contributed by atoms with van der Waals surface area (Å²) < 4.78 is 10.5. The highest BCUT2D eigenvalue weighted by atomic mass is 16.7. The second kappa shape index (κ2) is 2.64. The first-order valence-electron chi connectivity index (χ1n) is 4.53. The third-order valence-corrected chi connectivity index (χ3v) is 2.38. The molecule has 68 valence electrons. The van der Waals surface area contributed by atoms with Crippen LogP contribution >= 0.6 is 0 Å². The molecule has 0 unspecified atom stereocenters. The van der Waals surface area contributed by atoms with E-state index in [2.05, 4.69) is 17.0 Å². The predicted octanol–water partition coefficient (Wildman–Crippen LogP) is 1.23. The summed E-state index contributed by atoms with van der Waals surface area (Å²) in [5, 5.41) is 0. The van der Waals surface area contributed by atoms with E-state index in [-0.39, 0.29) is 0 Å². The lowest BCUT2D eigenvalue weighted by Gasteiger charge is -2.02. The summed E-state index contributed by atoms with van der Waals surface area (Å²) in [5.41, 5.74) is 1.31. The van der Waals surface area contributed by atoms with Gasteiger partial charge in [-0.15, -0.1) is 0 Å². The normalized spacial score (nSPS) is 19.1. The standard InChI is InChI=1S/C10H11NO2/c1-2-9-10(13-7-12-9)5-8(1)6-11-3-4-11/h1-2,5H,3-4,6-7H2. The SMILES string of the molecule is c1cc2c(cc1CN1CC1)OCO2. The highest BCUT2D eigenvalue weighted by molar-refractivity contribution is 5.44. The third-order valence-electron chi connectivity index (χ3n) is 2.38. The molecule has 0 saturated carbocycles. The van der Waals surface area contributed by atoms with Gasteiger partial charge in [-0.1, -0.05) is 6.07 Å². The fourth-order valence-corrected chi connectivity index (χ4v) is 1.53. The first-order chi connectivity index (χ1) is 6.42. The van der Waals surface area contributed by atoms with Crippen LogP contribution in [0.3, 0.4) is 0 Å². The lowest BCUT2D eigenvalue weighted by molar-refractivity contribution is 0.174. The van der Waals surface area contributed by atoms with Gasteiger partial charge in [0.15, 0.2) is 11.5 Å². The lowest BCUT2D eigenvalue weighted by Crippen LogP contribution is -1.96. The van der Waals surface area contributed by atoms with Crippen LogP contribution in [-0.4, -0.2) is 24.8 Å². The molecule has 0 atom stereocenters. The van der Waals surface area contributed by atoms with E-state index in [0.717, 1.165) is 18.0 Å². The van der Waals surface area contributed by atoms with Crippen molar-refractivity contribution in [2.75, 3.05) is 19.9 Å². The van der Waals surface area contributed by atoms with Crippen LogP contribution < -0.4 is 9.47 Å². The van der Waals surface area contributed by atoms with Gasteiger partial charge in [0.25, 0.3) is 0 Å². The topological polar surface area (TPSA) is 21.5 Å². The zero-order chi connectivity index (χ0) is 8.67. The van der Waals surface area contributed by atoms with Crippen molar-refractivity contribution in [2.24, 2.45) is 0 Å². The van der Waals surface area contributed by atoms with E-state index < -0.39 is 0 Å². The Bertz CT molecular complexity index is 334. The van der Waals surface area contributed by atoms with Crippen molar-refractivity contribution in [3.8, 4) is 11.5 Å². The van der Waals surface area contributed by atoms with E-state index in [1.807, 2.05) is 6.07 Å². The van der Waals surface area contributed by atoms with Gasteiger partial charge in [-0.2, -0.15) is 0 Å². The number of hydrogen-bond donors (Lipinski definition) is 0. The molecular weight excluding hydrogens is 166 g/mol. The van der Waals surface area contributed by atoms with E-state index in [1.54, 1.807) is 0 Å². The highest BCUT2D eigenvalue weighted by Gasteiger charge is 2.19. The molecule has 0 spiro atoms. The van der Waals surface area contributed by atoms with E-state index in [0.29, 0.717) is 6.79 Å². The van der Waals surface area contributed by atoms with Crippen molar-refractivity contribution in [2.45, 2.75) is 6.54 Å². The molecule has 0 aromatic heterocycles. The molecule has 1 saturated heterocycles. The zero-order valence-electron chi connectivity index (χ0n) is 7.32. The Morgan fingerprint density at radius 3 is 2.85 bits per heavy atom. The van der Waals surface area contributed by atoms with Crippen LogP contribution in [0.25, 0.3) is 0 Å². The minimum Gasteiger partial charge on any atom is -0.454 e. The average Bonchev–Trinajstić information content (AvgIpc) is 2.83. The molecule has 2 aliphatic heterocycles. The fourth-order valence-electron chi connectivity index (χ4n) is 1.53. The van der Waals surface area contributed by atoms with E-state index in [1.165, 1.54) is 18.7 Å². The number of benzene rings is 1. The van der Waals surface area contributed by atoms with Crippen LogP contribution in [0.4, 0.5) is 0 Å². The van der Waals surface area contributed by atoms with E-state index >= 15 is 0 Å². The Hall–Kier alpha value is -1.22. The molecule has 2 heterocycles. The Morgan fingerprint density at radius 2 is 2.00 bits per heavy atom. The third kappa shape index (κ3) is 1.35. The van der Waals surface area contributed by atoms with Crippen molar-refractivity contribution in [3.63, 3.8) is 0 Å². The molecule has 3 heteroatoms. The minimum absolute atomic E-state index is 0.364. The molecular formula is C10H11NO2. The van der Waals surface area contributed by atoms with Crippen molar-refractivity contribution in [1.82, 2.24) is 4.90 Å². The first-order valence-corrected chi connectivity index (χ1v) is 4.53. The number of hydrogen-bond acceptors (Lipinski definition) is 3. The summed E-state index contributed by atoms with van der Waals surface area (Å²) in [4.78, 5) is 2.37. The Kier molecular flexibility index (Phi) is 1.46. The van der Waals surface area contributed by atoms with Crippen LogP contribution in [0, 0.1) is 0 Å². The molecule has 3 nitrogen and oxygen atoms in total. The van der Waals surface area contributed by atoms with Crippen LogP contribution in [0.2, 0.25) is 0 Å². The van der Waals surface area contributed by atoms with Crippen molar-refractivity contribution in [3.05, 3.63) is 23.8 Å². The number of nitrogens with zero attached hydrogens (tertiary/aromatic N) is 1. The van der Waals surface area contributed by atoms with Crippen molar-refractivity contribution >= 4 is 0 Å². The van der Waals surface area contributed by atoms with Crippen LogP contribution in [0.5, 0.6) is 11.5 Å². The smallest absolute Gasteiger partial charge is 0.231 e. The Balaban J connectivity index is 1.86. The quantitative estimate of drug-likeness (QED) is 0.634. The van der Waals surface area contributed by atoms with Gasteiger partial charge in [-0.25, -0.2) is 0 Å². The maximum Gasteiger partial charge on any atom is 0.231 e. The lowest BCUT2D eigenvalue weighted by atomic mass is 10.2. The Labute approximate surface area is 76.9 Å². The summed E-state index contributed by atoms with van der Waals surface area (Å²) in [7, 11) is 0. The van der Waals surface area contributed by atoms with Gasteiger partial charge in [0.2, 0.25) is 6.79 Å². The number of ether oxygens (including phenoxy) is 2. The van der Waals surface area contributed by atoms with Gasteiger partial charge in [0.1, 0.15) is 0 Å². The van der Waals surface area contributed by atoms with Gasteiger partial charge in [0, 0.05) is 19.6 Å². The molecule has 1 fully saturated rings. The van der Waals surface area contributed by atoms with Gasteiger partial charge in [0.05, 0.1) is 0 Å². The maximum absolute atomic E-state index is 5.30. The van der Waals surface area contributed by atoms with Crippen molar-refractivity contribution in [1.29, 1.82) is 0 Å². The summed E-state index contributed by atoms with van der Waals surface area (Å²) in [6.45, 7) is 3.86. The predicted molar refractivity (Wildman–Crippen MR) is 47.8 cm³/mol. The molecule has 0 aliphatic carbocycles. The minimum atomic E-state index is 0.364. The van der Waals surface area contributed by atoms with Crippen LogP contribution in [0.1, 0.15) is 5.56 Å². The van der Waals surface area contributed by atoms with Crippen molar-refractivity contribution < 1.29 is 9.47 Å². The van der Waals surface area contributed by atoms with E-state index in [4.69, 9.17) is 9.47 Å². The molecule has 0 N–H and O–H groups in total. The van der Waals surface area contributed by atoms with Gasteiger partial charge in [-0.3, -0.25) is 4.90 Å². The zero-order valence-corrected chi connectivity index (χ0v) is 7.32. The van der Waals surface area contributed by atoms with Gasteiger partial charge < -0.3 is 9.47 Å². The molecule has 0 amide bonds. The maximum atomic E-state index is 5.30. The van der Waals surface area contributed by atoms with E-state index in [9.17, 15) is 0 Å². The second-order valence-corrected chi connectivity index (χ2v) is 3.46. The molecule has 1 aromatic rings. The second-order valence-electron chi connectivity index (χ2n) is 3.46. The van der Waals surface area contributed by atoms with Gasteiger partial charge in [-0.05, 0) is 17.7 Å². The molecule has 0 bridgehead atoms. The van der Waals surface area contributed by atoms with Crippen LogP contribution in [-0.2, 0) is 6.54 Å². The molecule has 2 aliphatic rings. The molecule has 0 radical (unpaired) electrons. The average molecular weight is 177 g/mol.